The van der Waals surface area contributed by atoms with Crippen LogP contribution in [-0.4, -0.2) is 43.2 Å². The summed E-state index contributed by atoms with van der Waals surface area (Å²) in [5, 5.41) is 9.79. The van der Waals surface area contributed by atoms with E-state index in [0.717, 1.165) is 11.1 Å². The van der Waals surface area contributed by atoms with Crippen LogP contribution in [0.25, 0.3) is 6.08 Å². The molecule has 3 aromatic rings. The maximum Gasteiger partial charge on any atom is 0.337 e. The van der Waals surface area contributed by atoms with E-state index in [-0.39, 0.29) is 12.5 Å². The highest BCUT2D eigenvalue weighted by Crippen LogP contribution is 2.35. The molecule has 1 fully saturated rings. The van der Waals surface area contributed by atoms with Gasteiger partial charge in [0.2, 0.25) is 0 Å². The Bertz CT molecular complexity index is 1440. The fraction of sp³-hybridized carbons (Fsp3) is 0.143. The molecule has 9 heteroatoms. The Labute approximate surface area is 218 Å². The average molecular weight is 514 g/mol. The van der Waals surface area contributed by atoms with Crippen LogP contribution in [0, 0.1) is 11.3 Å². The summed E-state index contributed by atoms with van der Waals surface area (Å²) in [6.07, 6.45) is 1.77. The van der Waals surface area contributed by atoms with E-state index in [1.807, 2.05) is 24.3 Å². The second-order valence-corrected chi connectivity index (χ2v) is 8.88. The first-order valence-corrected chi connectivity index (χ1v) is 12.0. The summed E-state index contributed by atoms with van der Waals surface area (Å²) in [6.45, 7) is 0.222. The third-order valence-electron chi connectivity index (χ3n) is 5.52. The van der Waals surface area contributed by atoms with E-state index in [0.29, 0.717) is 38.4 Å². The van der Waals surface area contributed by atoms with E-state index < -0.39 is 5.97 Å². The number of hydrogen-bond acceptors (Lipinski definition) is 8. The number of likely N-dealkylation sites (N-methyl/N-ethyl adjacent to an activating group) is 1. The van der Waals surface area contributed by atoms with Gasteiger partial charge in [-0.1, -0.05) is 24.3 Å². The lowest BCUT2D eigenvalue weighted by atomic mass is 10.1. The topological polar surface area (TPSA) is 101 Å². The molecule has 1 aliphatic rings. The van der Waals surface area contributed by atoms with Crippen LogP contribution >= 0.6 is 11.8 Å². The van der Waals surface area contributed by atoms with Crippen LogP contribution in [0.5, 0.6) is 11.5 Å². The van der Waals surface area contributed by atoms with Crippen molar-refractivity contribution in [2.24, 2.45) is 4.99 Å². The van der Waals surface area contributed by atoms with Gasteiger partial charge >= 0.3 is 5.97 Å². The number of ether oxygens (including phenoxy) is 3. The molecular weight excluding hydrogens is 490 g/mol. The SMILES string of the molecule is COC(=O)c1ccc(N=C2S/C(=C\c3ccc(OCc4ccccc4C#N)c(OC)c3)C(=O)N2C)cc1. The number of hydrogen-bond donors (Lipinski definition) is 0. The zero-order valence-corrected chi connectivity index (χ0v) is 21.2. The Morgan fingerprint density at radius 1 is 1.08 bits per heavy atom. The molecule has 0 atom stereocenters. The lowest BCUT2D eigenvalue weighted by Gasteiger charge is -2.12. The molecule has 0 radical (unpaired) electrons. The van der Waals surface area contributed by atoms with Crippen LogP contribution in [0.3, 0.4) is 0 Å². The Morgan fingerprint density at radius 2 is 1.84 bits per heavy atom. The van der Waals surface area contributed by atoms with Gasteiger partial charge in [0.25, 0.3) is 5.91 Å². The molecule has 1 heterocycles. The van der Waals surface area contributed by atoms with Crippen LogP contribution in [0.4, 0.5) is 5.69 Å². The Kier molecular flexibility index (Phi) is 7.91. The summed E-state index contributed by atoms with van der Waals surface area (Å²) < 4.78 is 16.1. The number of esters is 1. The number of aliphatic imine (C=N–C) groups is 1. The van der Waals surface area contributed by atoms with Crippen molar-refractivity contribution in [1.29, 1.82) is 5.26 Å². The smallest absolute Gasteiger partial charge is 0.337 e. The van der Waals surface area contributed by atoms with Crippen molar-refractivity contribution in [3.05, 3.63) is 93.9 Å². The third kappa shape index (κ3) is 5.82. The Morgan fingerprint density at radius 3 is 2.54 bits per heavy atom. The van der Waals surface area contributed by atoms with E-state index in [4.69, 9.17) is 14.2 Å². The second-order valence-electron chi connectivity index (χ2n) is 7.88. The van der Waals surface area contributed by atoms with E-state index in [2.05, 4.69) is 11.1 Å². The zero-order chi connectivity index (χ0) is 26.4. The highest BCUT2D eigenvalue weighted by atomic mass is 32.2. The van der Waals surface area contributed by atoms with Gasteiger partial charge in [0.05, 0.1) is 42.0 Å². The molecule has 3 aromatic carbocycles. The number of amides is 1. The maximum atomic E-state index is 12.8. The quantitative estimate of drug-likeness (QED) is 0.317. The molecule has 0 aromatic heterocycles. The van der Waals surface area contributed by atoms with Crippen LogP contribution in [0.2, 0.25) is 0 Å². The van der Waals surface area contributed by atoms with Crippen LogP contribution < -0.4 is 9.47 Å². The van der Waals surface area contributed by atoms with Crippen molar-refractivity contribution < 1.29 is 23.8 Å². The fourth-order valence-corrected chi connectivity index (χ4v) is 4.49. The third-order valence-corrected chi connectivity index (χ3v) is 6.58. The molecule has 0 bridgehead atoms. The van der Waals surface area contributed by atoms with Crippen molar-refractivity contribution in [2.75, 3.05) is 21.3 Å². The van der Waals surface area contributed by atoms with Gasteiger partial charge in [-0.2, -0.15) is 5.26 Å². The molecule has 1 saturated heterocycles. The number of nitriles is 1. The fourth-order valence-electron chi connectivity index (χ4n) is 3.51. The van der Waals surface area contributed by atoms with Gasteiger partial charge in [0, 0.05) is 12.6 Å². The molecule has 0 unspecified atom stereocenters. The largest absolute Gasteiger partial charge is 0.493 e. The van der Waals surface area contributed by atoms with Gasteiger partial charge in [0.1, 0.15) is 6.61 Å². The summed E-state index contributed by atoms with van der Waals surface area (Å²) in [5.74, 6) is 0.429. The maximum absolute atomic E-state index is 12.8. The number of nitrogens with zero attached hydrogens (tertiary/aromatic N) is 3. The lowest BCUT2D eigenvalue weighted by Crippen LogP contribution is -2.23. The highest BCUT2D eigenvalue weighted by Gasteiger charge is 2.30. The minimum atomic E-state index is -0.425. The lowest BCUT2D eigenvalue weighted by molar-refractivity contribution is -0.121. The first-order valence-electron chi connectivity index (χ1n) is 11.2. The van der Waals surface area contributed by atoms with Gasteiger partial charge in [-0.15, -0.1) is 0 Å². The zero-order valence-electron chi connectivity index (χ0n) is 20.4. The van der Waals surface area contributed by atoms with Crippen molar-refractivity contribution in [3.63, 3.8) is 0 Å². The number of thioether (sulfide) groups is 1. The molecule has 0 aliphatic carbocycles. The summed E-state index contributed by atoms with van der Waals surface area (Å²) in [6, 6.07) is 21.4. The molecular formula is C28H23N3O5S. The molecule has 0 N–H and O–H groups in total. The van der Waals surface area contributed by atoms with Crippen LogP contribution in [-0.2, 0) is 16.1 Å². The standard InChI is InChI=1S/C28H23N3O5S/c1-31-26(32)25(37-28(31)30-22-11-9-19(10-12-22)27(33)35-3)15-18-8-13-23(24(14-18)34-2)36-17-21-7-5-4-6-20(21)16-29/h4-15H,17H2,1-3H3/b25-15-,30-28?. The highest BCUT2D eigenvalue weighted by molar-refractivity contribution is 8.18. The number of benzene rings is 3. The monoisotopic (exact) mass is 513 g/mol. The van der Waals surface area contributed by atoms with Gasteiger partial charge in [-0.3, -0.25) is 9.69 Å². The summed E-state index contributed by atoms with van der Waals surface area (Å²) >= 11 is 1.25. The molecule has 1 amide bonds. The van der Waals surface area contributed by atoms with Crippen molar-refractivity contribution in [3.8, 4) is 17.6 Å². The van der Waals surface area contributed by atoms with Crippen LogP contribution in [0.15, 0.2) is 76.6 Å². The van der Waals surface area contributed by atoms with Gasteiger partial charge in [0.15, 0.2) is 16.7 Å². The predicted molar refractivity (Wildman–Crippen MR) is 142 cm³/mol. The number of carbonyl (C=O) groups is 2. The molecule has 1 aliphatic heterocycles. The van der Waals surface area contributed by atoms with E-state index in [1.54, 1.807) is 62.7 Å². The van der Waals surface area contributed by atoms with Gasteiger partial charge in [-0.25, -0.2) is 9.79 Å². The van der Waals surface area contributed by atoms with E-state index in [9.17, 15) is 14.9 Å². The van der Waals surface area contributed by atoms with Crippen LogP contribution in [0.1, 0.15) is 27.0 Å². The first-order chi connectivity index (χ1) is 17.9. The minimum Gasteiger partial charge on any atom is -0.493 e. The van der Waals surface area contributed by atoms with Crippen molar-refractivity contribution >= 4 is 40.6 Å². The number of methoxy groups -OCH3 is 2. The molecule has 37 heavy (non-hydrogen) atoms. The second kappa shape index (κ2) is 11.5. The average Bonchev–Trinajstić information content (AvgIpc) is 3.19. The number of rotatable bonds is 7. The van der Waals surface area contributed by atoms with Crippen molar-refractivity contribution in [2.45, 2.75) is 6.61 Å². The number of carbonyl (C=O) groups excluding carboxylic acids is 2. The molecule has 0 spiro atoms. The summed E-state index contributed by atoms with van der Waals surface area (Å²) in [5.41, 5.74) is 3.12. The molecule has 8 nitrogen and oxygen atoms in total. The van der Waals surface area contributed by atoms with Gasteiger partial charge < -0.3 is 14.2 Å². The normalized spacial score (nSPS) is 15.1. The Balaban J connectivity index is 1.51. The predicted octanol–water partition coefficient (Wildman–Crippen LogP) is 5.17. The first kappa shape index (κ1) is 25.5. The molecule has 0 saturated carbocycles. The summed E-state index contributed by atoms with van der Waals surface area (Å²) in [4.78, 5) is 31.0. The Hall–Kier alpha value is -4.55. The molecule has 4 rings (SSSR count). The minimum absolute atomic E-state index is 0.178. The molecule has 186 valence electrons. The van der Waals surface area contributed by atoms with Crippen molar-refractivity contribution in [1.82, 2.24) is 4.90 Å². The number of amidine groups is 1. The van der Waals surface area contributed by atoms with E-state index >= 15 is 0 Å². The summed E-state index contributed by atoms with van der Waals surface area (Å²) in [7, 11) is 4.53. The van der Waals surface area contributed by atoms with Gasteiger partial charge in [-0.05, 0) is 65.9 Å². The van der Waals surface area contributed by atoms with E-state index in [1.165, 1.54) is 23.8 Å².